The number of hydrogen-bond donors (Lipinski definition) is 0. The Labute approximate surface area is 205 Å². The summed E-state index contributed by atoms with van der Waals surface area (Å²) in [5.41, 5.74) is 0.864. The third kappa shape index (κ3) is 11.0. The Balaban J connectivity index is 1.62. The van der Waals surface area contributed by atoms with Crippen LogP contribution in [-0.2, 0) is 30.4 Å². The van der Waals surface area contributed by atoms with Crippen molar-refractivity contribution < 1.29 is 28.5 Å². The number of carbonyl (C=O) groups excluding carboxylic acids is 2. The Kier molecular flexibility index (Phi) is 12.6. The normalized spacial score (nSPS) is 19.6. The Morgan fingerprint density at radius 1 is 0.971 bits per heavy atom. The van der Waals surface area contributed by atoms with Crippen LogP contribution in [0.15, 0.2) is 24.3 Å². The highest BCUT2D eigenvalue weighted by Crippen LogP contribution is 2.26. The van der Waals surface area contributed by atoms with Gasteiger partial charge in [-0.25, -0.2) is 0 Å². The largest absolute Gasteiger partial charge is 0.497 e. The van der Waals surface area contributed by atoms with Crippen LogP contribution in [0, 0.1) is 23.7 Å². The average Bonchev–Trinajstić information content (AvgIpc) is 2.82. The van der Waals surface area contributed by atoms with Crippen LogP contribution in [0.3, 0.4) is 0 Å². The van der Waals surface area contributed by atoms with Gasteiger partial charge in [0.25, 0.3) is 0 Å². The van der Waals surface area contributed by atoms with Crippen molar-refractivity contribution in [1.29, 1.82) is 0 Å². The molecule has 1 heterocycles. The molecule has 1 unspecified atom stereocenters. The number of methoxy groups -OCH3 is 1. The molecule has 2 rings (SSSR count). The van der Waals surface area contributed by atoms with Crippen LogP contribution in [0.5, 0.6) is 5.75 Å². The summed E-state index contributed by atoms with van der Waals surface area (Å²) in [7, 11) is 1.60. The van der Waals surface area contributed by atoms with Crippen LogP contribution >= 0.6 is 0 Å². The lowest BCUT2D eigenvalue weighted by Crippen LogP contribution is -2.25. The molecule has 1 fully saturated rings. The molecular weight excluding hydrogens is 432 g/mol. The van der Waals surface area contributed by atoms with Crippen molar-refractivity contribution in [1.82, 2.24) is 0 Å². The van der Waals surface area contributed by atoms with E-state index in [9.17, 15) is 9.59 Å². The van der Waals surface area contributed by atoms with Gasteiger partial charge in [0.1, 0.15) is 24.6 Å². The number of esters is 1. The molecule has 0 radical (unpaired) electrons. The van der Waals surface area contributed by atoms with Gasteiger partial charge in [-0.05, 0) is 74.0 Å². The van der Waals surface area contributed by atoms with E-state index in [1.165, 1.54) is 6.42 Å². The lowest BCUT2D eigenvalue weighted by atomic mass is 9.84. The van der Waals surface area contributed by atoms with E-state index in [1.807, 2.05) is 31.2 Å². The molecular formula is C28H44O6. The van der Waals surface area contributed by atoms with Crippen LogP contribution in [0.2, 0.25) is 0 Å². The average molecular weight is 477 g/mol. The fourth-order valence-corrected chi connectivity index (χ4v) is 4.74. The number of ether oxygens (including phenoxy) is 4. The molecule has 1 aliphatic heterocycles. The molecule has 6 nitrogen and oxygen atoms in total. The second kappa shape index (κ2) is 15.2. The van der Waals surface area contributed by atoms with Crippen molar-refractivity contribution in [3.8, 4) is 5.75 Å². The van der Waals surface area contributed by atoms with E-state index in [2.05, 4.69) is 20.8 Å². The van der Waals surface area contributed by atoms with Crippen LogP contribution in [0.4, 0.5) is 0 Å². The maximum Gasteiger partial charge on any atom is 0.313 e. The van der Waals surface area contributed by atoms with Gasteiger partial charge in [-0.3, -0.25) is 9.59 Å². The highest BCUT2D eigenvalue weighted by atomic mass is 16.7. The lowest BCUT2D eigenvalue weighted by molar-refractivity contribution is -0.168. The molecule has 192 valence electrons. The summed E-state index contributed by atoms with van der Waals surface area (Å²) in [6.45, 7) is 10.3. The van der Waals surface area contributed by atoms with E-state index in [1.54, 1.807) is 7.11 Å². The quantitative estimate of drug-likeness (QED) is 0.230. The van der Waals surface area contributed by atoms with E-state index < -0.39 is 5.97 Å². The van der Waals surface area contributed by atoms with E-state index in [-0.39, 0.29) is 31.0 Å². The summed E-state index contributed by atoms with van der Waals surface area (Å²) in [5, 5.41) is 0. The van der Waals surface area contributed by atoms with Gasteiger partial charge in [-0.2, -0.15) is 0 Å². The fraction of sp³-hybridized carbons (Fsp3) is 0.714. The first-order valence-corrected chi connectivity index (χ1v) is 12.8. The predicted molar refractivity (Wildman–Crippen MR) is 132 cm³/mol. The zero-order chi connectivity index (χ0) is 24.9. The molecule has 1 aliphatic rings. The highest BCUT2D eigenvalue weighted by molar-refractivity contribution is 5.96. The van der Waals surface area contributed by atoms with Gasteiger partial charge in [0.05, 0.1) is 13.7 Å². The smallest absolute Gasteiger partial charge is 0.313 e. The first kappa shape index (κ1) is 28.3. The third-order valence-corrected chi connectivity index (χ3v) is 6.50. The Bertz CT molecular complexity index is 725. The van der Waals surface area contributed by atoms with Gasteiger partial charge in [0.2, 0.25) is 0 Å². The Hall–Kier alpha value is -1.92. The van der Waals surface area contributed by atoms with Crippen molar-refractivity contribution in [3.63, 3.8) is 0 Å². The number of benzene rings is 1. The van der Waals surface area contributed by atoms with Crippen molar-refractivity contribution in [2.24, 2.45) is 23.7 Å². The molecule has 1 aromatic carbocycles. The first-order valence-electron chi connectivity index (χ1n) is 12.8. The van der Waals surface area contributed by atoms with Gasteiger partial charge < -0.3 is 18.9 Å². The number of rotatable bonds is 15. The molecule has 0 bridgehead atoms. The third-order valence-electron chi connectivity index (χ3n) is 6.50. The number of hydrogen-bond acceptors (Lipinski definition) is 6. The summed E-state index contributed by atoms with van der Waals surface area (Å²) < 4.78 is 22.0. The molecule has 0 saturated carbocycles. The summed E-state index contributed by atoms with van der Waals surface area (Å²) in [4.78, 5) is 24.7. The van der Waals surface area contributed by atoms with E-state index in [0.29, 0.717) is 17.8 Å². The molecule has 0 amide bonds. The zero-order valence-electron chi connectivity index (χ0n) is 21.7. The second-order valence-corrected chi connectivity index (χ2v) is 10.2. The van der Waals surface area contributed by atoms with Crippen molar-refractivity contribution >= 4 is 11.8 Å². The van der Waals surface area contributed by atoms with Gasteiger partial charge in [0, 0.05) is 12.5 Å². The van der Waals surface area contributed by atoms with Gasteiger partial charge >= 0.3 is 5.97 Å². The molecule has 6 heteroatoms. The summed E-state index contributed by atoms with van der Waals surface area (Å²) >= 11 is 0. The molecule has 0 N–H and O–H groups in total. The standard InChI is InChI=1S/C28H44O6/c1-20(15-22(3)18-34-28-8-6-7-13-32-28)14-21(2)16-23(4)26(29)17-27(30)33-19-24-9-11-25(31-5)12-10-24/h9-12,20-23,28H,6-8,13-19H2,1-5H3/t20-,21+,22+,23+,28?/m1/s1. The van der Waals surface area contributed by atoms with E-state index >= 15 is 0 Å². The predicted octanol–water partition coefficient (Wildman–Crippen LogP) is 5.96. The molecule has 1 saturated heterocycles. The van der Waals surface area contributed by atoms with E-state index in [4.69, 9.17) is 18.9 Å². The van der Waals surface area contributed by atoms with Gasteiger partial charge in [-0.1, -0.05) is 39.8 Å². The minimum absolute atomic E-state index is 0.0276. The zero-order valence-corrected chi connectivity index (χ0v) is 21.7. The maximum atomic E-state index is 12.5. The number of Topliss-reactive ketones (excluding diaryl/α,β-unsaturated/α-hetero) is 1. The van der Waals surface area contributed by atoms with Crippen LogP contribution in [-0.4, -0.2) is 38.4 Å². The minimum atomic E-state index is -0.468. The highest BCUT2D eigenvalue weighted by Gasteiger charge is 2.22. The van der Waals surface area contributed by atoms with Crippen molar-refractivity contribution in [3.05, 3.63) is 29.8 Å². The summed E-state index contributed by atoms with van der Waals surface area (Å²) in [6.07, 6.45) is 6.06. The molecule has 0 aliphatic carbocycles. The molecule has 1 aromatic rings. The van der Waals surface area contributed by atoms with E-state index in [0.717, 1.165) is 56.6 Å². The molecule has 0 spiro atoms. The minimum Gasteiger partial charge on any atom is -0.497 e. The monoisotopic (exact) mass is 476 g/mol. The first-order chi connectivity index (χ1) is 16.3. The Morgan fingerprint density at radius 2 is 1.65 bits per heavy atom. The SMILES string of the molecule is COc1ccc(COC(=O)CC(=O)[C@@H](C)C[C@@H](C)C[C@@H](C)C[C@H](C)COC2CCCCO2)cc1. The molecule has 5 atom stereocenters. The van der Waals surface area contributed by atoms with Crippen molar-refractivity contribution in [2.45, 2.75) is 85.5 Å². The van der Waals surface area contributed by atoms with Crippen LogP contribution < -0.4 is 4.74 Å². The van der Waals surface area contributed by atoms with Crippen LogP contribution in [0.25, 0.3) is 0 Å². The topological polar surface area (TPSA) is 71.1 Å². The van der Waals surface area contributed by atoms with Crippen molar-refractivity contribution in [2.75, 3.05) is 20.3 Å². The lowest BCUT2D eigenvalue weighted by Gasteiger charge is -2.26. The second-order valence-electron chi connectivity index (χ2n) is 10.2. The summed E-state index contributed by atoms with van der Waals surface area (Å²) in [6, 6.07) is 7.32. The number of carbonyl (C=O) groups is 2. The van der Waals surface area contributed by atoms with Gasteiger partial charge in [-0.15, -0.1) is 0 Å². The maximum absolute atomic E-state index is 12.5. The summed E-state index contributed by atoms with van der Waals surface area (Å²) in [5.74, 6) is 1.53. The van der Waals surface area contributed by atoms with Crippen LogP contribution in [0.1, 0.15) is 78.2 Å². The Morgan fingerprint density at radius 3 is 2.29 bits per heavy atom. The molecule has 0 aromatic heterocycles. The van der Waals surface area contributed by atoms with Gasteiger partial charge in [0.15, 0.2) is 6.29 Å². The fourth-order valence-electron chi connectivity index (χ4n) is 4.74. The molecule has 34 heavy (non-hydrogen) atoms. The number of ketones is 1.